The Morgan fingerprint density at radius 1 is 1.28 bits per heavy atom. The van der Waals surface area contributed by atoms with Gasteiger partial charge in [-0.05, 0) is 48.9 Å². The summed E-state index contributed by atoms with van der Waals surface area (Å²) in [4.78, 5) is 31.0. The van der Waals surface area contributed by atoms with Crippen molar-refractivity contribution in [3.8, 4) is 5.69 Å². The molecular weight excluding hydrogens is 470 g/mol. The van der Waals surface area contributed by atoms with Crippen LogP contribution in [0.5, 0.6) is 0 Å². The summed E-state index contributed by atoms with van der Waals surface area (Å²) in [5.74, 6) is 0.898. The average Bonchev–Trinajstić information content (AvgIpc) is 3.16. The molecule has 8 heteroatoms. The van der Waals surface area contributed by atoms with E-state index in [0.717, 1.165) is 39.3 Å². The van der Waals surface area contributed by atoms with E-state index in [1.165, 1.54) is 11.8 Å². The van der Waals surface area contributed by atoms with E-state index in [2.05, 4.69) is 21.2 Å². The van der Waals surface area contributed by atoms with Gasteiger partial charge in [0, 0.05) is 22.3 Å². The highest BCUT2D eigenvalue weighted by atomic mass is 79.9. The van der Waals surface area contributed by atoms with Gasteiger partial charge in [-0.25, -0.2) is 4.98 Å². The normalized spacial score (nSPS) is 12.6. The molecule has 0 spiro atoms. The van der Waals surface area contributed by atoms with Crippen LogP contribution in [0.25, 0.3) is 5.69 Å². The van der Waals surface area contributed by atoms with E-state index in [1.807, 2.05) is 55.5 Å². The summed E-state index contributed by atoms with van der Waals surface area (Å²) in [5, 5.41) is 3.44. The Bertz CT molecular complexity index is 1130. The lowest BCUT2D eigenvalue weighted by molar-refractivity contribution is -0.113. The molecule has 1 aliphatic heterocycles. The molecule has 148 valence electrons. The van der Waals surface area contributed by atoms with Gasteiger partial charge in [0.15, 0.2) is 5.16 Å². The number of hydrogen-bond donors (Lipinski definition) is 1. The molecule has 0 unspecified atom stereocenters. The number of hydrogen-bond acceptors (Lipinski definition) is 5. The minimum atomic E-state index is -0.132. The predicted molar refractivity (Wildman–Crippen MR) is 122 cm³/mol. The topological polar surface area (TPSA) is 64.0 Å². The smallest absolute Gasteiger partial charge is 0.272 e. The van der Waals surface area contributed by atoms with Crippen molar-refractivity contribution in [2.45, 2.75) is 23.4 Å². The predicted octanol–water partition coefficient (Wildman–Crippen LogP) is 4.68. The van der Waals surface area contributed by atoms with Crippen LogP contribution in [0, 0.1) is 6.92 Å². The maximum absolute atomic E-state index is 13.1. The Kier molecular flexibility index (Phi) is 6.12. The summed E-state index contributed by atoms with van der Waals surface area (Å²) in [6.45, 7) is 1.98. The lowest BCUT2D eigenvalue weighted by Gasteiger charge is -2.14. The second-order valence-electron chi connectivity index (χ2n) is 6.59. The fraction of sp³-hybridized carbons (Fsp3) is 0.190. The number of aryl methyl sites for hydroxylation is 2. The number of amides is 1. The highest BCUT2D eigenvalue weighted by Crippen LogP contribution is 2.30. The van der Waals surface area contributed by atoms with Crippen molar-refractivity contribution in [3.05, 3.63) is 74.6 Å². The number of benzene rings is 2. The molecule has 0 aliphatic carbocycles. The lowest BCUT2D eigenvalue weighted by atomic mass is 10.2. The number of nitrogens with one attached hydrogen (secondary N) is 1. The number of thioether (sulfide) groups is 2. The number of rotatable bonds is 5. The number of carbonyl (C=O) groups is 1. The van der Waals surface area contributed by atoms with Crippen LogP contribution in [0.2, 0.25) is 0 Å². The van der Waals surface area contributed by atoms with Crippen LogP contribution in [0.3, 0.4) is 0 Å². The minimum Gasteiger partial charge on any atom is -0.325 e. The second kappa shape index (κ2) is 8.77. The van der Waals surface area contributed by atoms with Crippen LogP contribution in [-0.2, 0) is 11.2 Å². The highest BCUT2D eigenvalue weighted by Gasteiger charge is 2.23. The summed E-state index contributed by atoms with van der Waals surface area (Å²) < 4.78 is 2.54. The van der Waals surface area contributed by atoms with E-state index in [-0.39, 0.29) is 17.2 Å². The van der Waals surface area contributed by atoms with Crippen molar-refractivity contribution < 1.29 is 4.79 Å². The van der Waals surface area contributed by atoms with Crippen LogP contribution < -0.4 is 10.9 Å². The monoisotopic (exact) mass is 487 g/mol. The molecule has 0 saturated heterocycles. The first-order chi connectivity index (χ1) is 14.0. The van der Waals surface area contributed by atoms with Crippen LogP contribution >= 0.6 is 39.5 Å². The van der Waals surface area contributed by atoms with Gasteiger partial charge in [0.1, 0.15) is 0 Å². The minimum absolute atomic E-state index is 0.0681. The number of nitrogens with zero attached hydrogens (tertiary/aromatic N) is 2. The van der Waals surface area contributed by atoms with Crippen LogP contribution in [0.1, 0.15) is 11.3 Å². The molecule has 2 heterocycles. The fourth-order valence-electron chi connectivity index (χ4n) is 3.06. The van der Waals surface area contributed by atoms with Crippen molar-refractivity contribution in [1.82, 2.24) is 9.55 Å². The molecule has 1 amide bonds. The quantitative estimate of drug-likeness (QED) is 0.417. The van der Waals surface area contributed by atoms with Crippen molar-refractivity contribution in [2.75, 3.05) is 16.8 Å². The maximum atomic E-state index is 13.1. The first-order valence-electron chi connectivity index (χ1n) is 9.05. The van der Waals surface area contributed by atoms with Crippen molar-refractivity contribution in [1.29, 1.82) is 0 Å². The molecule has 2 aromatic carbocycles. The molecule has 0 radical (unpaired) electrons. The van der Waals surface area contributed by atoms with Crippen LogP contribution in [0.15, 0.2) is 67.9 Å². The third-order valence-electron chi connectivity index (χ3n) is 4.39. The van der Waals surface area contributed by atoms with Crippen molar-refractivity contribution in [2.24, 2.45) is 0 Å². The van der Waals surface area contributed by atoms with Gasteiger partial charge in [-0.2, -0.15) is 0 Å². The number of halogens is 1. The molecular formula is C21H18BrN3O2S2. The molecule has 0 fully saturated rings. The summed E-state index contributed by atoms with van der Waals surface area (Å²) in [6, 6.07) is 15.2. The van der Waals surface area contributed by atoms with Crippen LogP contribution in [-0.4, -0.2) is 27.0 Å². The van der Waals surface area contributed by atoms with Gasteiger partial charge >= 0.3 is 0 Å². The van der Waals surface area contributed by atoms with Gasteiger partial charge in [-0.1, -0.05) is 39.8 Å². The zero-order chi connectivity index (χ0) is 20.4. The van der Waals surface area contributed by atoms with Gasteiger partial charge in [0.25, 0.3) is 5.56 Å². The Hall–Kier alpha value is -2.03. The Morgan fingerprint density at radius 2 is 2.07 bits per heavy atom. The van der Waals surface area contributed by atoms with E-state index >= 15 is 0 Å². The number of carbonyl (C=O) groups excluding carboxylic acids is 1. The van der Waals surface area contributed by atoms with Crippen molar-refractivity contribution in [3.63, 3.8) is 0 Å². The molecule has 1 aromatic heterocycles. The van der Waals surface area contributed by atoms with Crippen LogP contribution in [0.4, 0.5) is 5.69 Å². The molecule has 4 rings (SSSR count). The second-order valence-corrected chi connectivity index (χ2v) is 9.56. The standard InChI is InChI=1S/C21H18BrN3O2S2/c1-13-3-2-4-15(11-13)23-18(26)12-29-21-24-17-9-10-28-19(17)20(27)25(21)16-7-5-14(22)6-8-16/h2-8,11H,9-10,12H2,1H3,(H,23,26). The molecule has 29 heavy (non-hydrogen) atoms. The van der Waals surface area contributed by atoms with E-state index in [0.29, 0.717) is 10.1 Å². The molecule has 3 aromatic rings. The average molecular weight is 488 g/mol. The summed E-state index contributed by atoms with van der Waals surface area (Å²) in [7, 11) is 0. The SMILES string of the molecule is Cc1cccc(NC(=O)CSc2nc3c(c(=O)n2-c2ccc(Br)cc2)SCC3)c1. The van der Waals surface area contributed by atoms with Gasteiger partial charge in [-0.3, -0.25) is 14.2 Å². The maximum Gasteiger partial charge on any atom is 0.272 e. The Labute approximate surface area is 185 Å². The van der Waals surface area contributed by atoms with E-state index < -0.39 is 0 Å². The molecule has 0 saturated carbocycles. The molecule has 0 bridgehead atoms. The molecule has 1 aliphatic rings. The Morgan fingerprint density at radius 3 is 2.83 bits per heavy atom. The number of anilines is 1. The van der Waals surface area contributed by atoms with E-state index in [1.54, 1.807) is 16.3 Å². The number of aromatic nitrogens is 2. The zero-order valence-electron chi connectivity index (χ0n) is 15.6. The largest absolute Gasteiger partial charge is 0.325 e. The zero-order valence-corrected chi connectivity index (χ0v) is 18.9. The third kappa shape index (κ3) is 4.60. The lowest BCUT2D eigenvalue weighted by Crippen LogP contribution is -2.24. The Balaban J connectivity index is 1.61. The van der Waals surface area contributed by atoms with E-state index in [4.69, 9.17) is 4.98 Å². The van der Waals surface area contributed by atoms with Gasteiger partial charge in [0.2, 0.25) is 5.91 Å². The van der Waals surface area contributed by atoms with Gasteiger partial charge < -0.3 is 5.32 Å². The molecule has 5 nitrogen and oxygen atoms in total. The summed E-state index contributed by atoms with van der Waals surface area (Å²) >= 11 is 6.25. The fourth-order valence-corrected chi connectivity index (χ4v) is 5.17. The highest BCUT2D eigenvalue weighted by molar-refractivity contribution is 9.10. The van der Waals surface area contributed by atoms with Gasteiger partial charge in [-0.15, -0.1) is 11.8 Å². The summed E-state index contributed by atoms with van der Waals surface area (Å²) in [6.07, 6.45) is 0.777. The summed E-state index contributed by atoms with van der Waals surface area (Å²) in [5.41, 5.74) is 3.34. The molecule has 0 atom stereocenters. The van der Waals surface area contributed by atoms with E-state index in [9.17, 15) is 9.59 Å². The molecule has 1 N–H and O–H groups in total. The first-order valence-corrected chi connectivity index (χ1v) is 11.8. The first kappa shape index (κ1) is 20.3. The third-order valence-corrected chi connectivity index (χ3v) is 6.96. The van der Waals surface area contributed by atoms with Gasteiger partial charge in [0.05, 0.1) is 22.0 Å². The number of fused-ring (bicyclic) bond motifs is 1. The van der Waals surface area contributed by atoms with Crippen molar-refractivity contribution >= 4 is 51.0 Å².